The first-order chi connectivity index (χ1) is 16.4. The zero-order chi connectivity index (χ0) is 26.9. The summed E-state index contributed by atoms with van der Waals surface area (Å²) in [5, 5.41) is 15.6. The molecule has 0 aromatic heterocycles. The highest BCUT2D eigenvalue weighted by atomic mass is 16.5. The molecular weight excluding hydrogens is 448 g/mol. The lowest BCUT2D eigenvalue weighted by Gasteiger charge is -2.40. The third kappa shape index (κ3) is 8.15. The van der Waals surface area contributed by atoms with Crippen molar-refractivity contribution in [3.63, 3.8) is 0 Å². The zero-order valence-electron chi connectivity index (χ0n) is 23.3. The second-order valence-corrected chi connectivity index (χ2v) is 10.6. The lowest BCUT2D eigenvalue weighted by Crippen LogP contribution is -2.59. The van der Waals surface area contributed by atoms with Crippen molar-refractivity contribution in [3.8, 4) is 0 Å². The number of methoxy groups -OCH3 is 1. The van der Waals surface area contributed by atoms with Gasteiger partial charge < -0.3 is 30.3 Å². The Labute approximate surface area is 213 Å². The summed E-state index contributed by atoms with van der Waals surface area (Å²) in [7, 11) is 5.05. The summed E-state index contributed by atoms with van der Waals surface area (Å²) in [6.07, 6.45) is 2.10. The van der Waals surface area contributed by atoms with Gasteiger partial charge in [-0.2, -0.15) is 0 Å². The van der Waals surface area contributed by atoms with Gasteiger partial charge in [0.2, 0.25) is 17.7 Å². The Morgan fingerprint density at radius 1 is 1.14 bits per heavy atom. The molecule has 6 atom stereocenters. The second-order valence-electron chi connectivity index (χ2n) is 10.6. The molecule has 0 spiro atoms. The number of hydrogen-bond donors (Lipinski definition) is 3. The van der Waals surface area contributed by atoms with Gasteiger partial charge in [0.05, 0.1) is 37.3 Å². The maximum atomic E-state index is 13.7. The highest BCUT2D eigenvalue weighted by Gasteiger charge is 2.39. The molecule has 35 heavy (non-hydrogen) atoms. The first-order valence-electron chi connectivity index (χ1n) is 13.1. The smallest absolute Gasteiger partial charge is 0.245 e. The molecule has 0 aromatic rings. The number of likely N-dealkylation sites (N-methyl/N-ethyl adjacent to an activating group) is 2. The topological polar surface area (TPSA) is 111 Å². The minimum absolute atomic E-state index is 0. The van der Waals surface area contributed by atoms with E-state index < -0.39 is 18.2 Å². The fourth-order valence-electron chi connectivity index (χ4n) is 5.12. The van der Waals surface area contributed by atoms with Crippen molar-refractivity contribution in [1.82, 2.24) is 20.4 Å². The van der Waals surface area contributed by atoms with E-state index in [9.17, 15) is 19.5 Å². The molecule has 0 aromatic carbocycles. The fourth-order valence-corrected chi connectivity index (χ4v) is 5.12. The van der Waals surface area contributed by atoms with Crippen LogP contribution in [-0.4, -0.2) is 97.3 Å². The van der Waals surface area contributed by atoms with E-state index in [2.05, 4.69) is 24.5 Å². The van der Waals surface area contributed by atoms with Crippen molar-refractivity contribution in [1.29, 1.82) is 0 Å². The molecule has 0 bridgehead atoms. The molecule has 1 aliphatic rings. The second kappa shape index (κ2) is 14.8. The third-order valence-electron chi connectivity index (χ3n) is 7.48. The SMILES string of the molecule is CC[C@H](C)[C@@H]([C@@H](CC(=O)N1CCC[C@H]1CO)OC)N(C)C(=O)[C@@H](NC(=O)[C@@H](NC)C(C)C)C(C)C.[HH]. The lowest BCUT2D eigenvalue weighted by atomic mass is 9.89. The number of amides is 3. The summed E-state index contributed by atoms with van der Waals surface area (Å²) in [4.78, 5) is 43.2. The first-order valence-corrected chi connectivity index (χ1v) is 13.1. The van der Waals surface area contributed by atoms with E-state index in [1.165, 1.54) is 0 Å². The average Bonchev–Trinajstić information content (AvgIpc) is 3.30. The number of aliphatic hydroxyl groups excluding tert-OH is 1. The number of carbonyl (C=O) groups is 3. The standard InChI is InChI=1S/C26H50N4O5.H2/c1-10-18(6)24(20(35-9)14-21(32)30-13-11-12-19(30)15-31)29(8)26(34)23(17(4)5)28-25(33)22(27-7)16(2)3;/h16-20,22-24,27,31H,10-15H2,1-9H3,(H,28,33);1H/t18-,19-,20+,22-,23-,24-;/m0./s1. The quantitative estimate of drug-likeness (QED) is 0.336. The van der Waals surface area contributed by atoms with Gasteiger partial charge in [0.25, 0.3) is 0 Å². The number of carbonyl (C=O) groups excluding carboxylic acids is 3. The van der Waals surface area contributed by atoms with Gasteiger partial charge in [-0.1, -0.05) is 48.0 Å². The Hall–Kier alpha value is -1.71. The van der Waals surface area contributed by atoms with Crippen molar-refractivity contribution in [2.75, 3.05) is 34.4 Å². The molecule has 3 N–H and O–H groups in total. The van der Waals surface area contributed by atoms with E-state index in [-0.39, 0.29) is 62.0 Å². The summed E-state index contributed by atoms with van der Waals surface area (Å²) in [6, 6.07) is -1.59. The molecule has 9 heteroatoms. The van der Waals surface area contributed by atoms with Gasteiger partial charge in [-0.15, -0.1) is 0 Å². The van der Waals surface area contributed by atoms with E-state index in [1.54, 1.807) is 31.0 Å². The van der Waals surface area contributed by atoms with E-state index >= 15 is 0 Å². The van der Waals surface area contributed by atoms with Crippen LogP contribution in [0.5, 0.6) is 0 Å². The van der Waals surface area contributed by atoms with Crippen LogP contribution < -0.4 is 10.6 Å². The molecular formula is C26H52N4O5. The molecule has 0 radical (unpaired) electrons. The van der Waals surface area contributed by atoms with Crippen LogP contribution in [0.4, 0.5) is 0 Å². The van der Waals surface area contributed by atoms with Crippen LogP contribution in [0.1, 0.15) is 68.7 Å². The third-order valence-corrected chi connectivity index (χ3v) is 7.48. The number of aliphatic hydroxyl groups is 1. The molecule has 1 rings (SSSR count). The monoisotopic (exact) mass is 500 g/mol. The van der Waals surface area contributed by atoms with E-state index in [1.807, 2.05) is 27.7 Å². The first kappa shape index (κ1) is 31.3. The molecule has 0 saturated carbocycles. The van der Waals surface area contributed by atoms with E-state index in [4.69, 9.17) is 4.74 Å². The number of rotatable bonds is 14. The van der Waals surface area contributed by atoms with E-state index in [0.29, 0.717) is 6.54 Å². The average molecular weight is 501 g/mol. The van der Waals surface area contributed by atoms with Gasteiger partial charge in [-0.05, 0) is 37.6 Å². The van der Waals surface area contributed by atoms with Gasteiger partial charge in [-0.3, -0.25) is 14.4 Å². The Morgan fingerprint density at radius 2 is 1.74 bits per heavy atom. The summed E-state index contributed by atoms with van der Waals surface area (Å²) in [5.41, 5.74) is 0. The Bertz CT molecular complexity index is 693. The fraction of sp³-hybridized carbons (Fsp3) is 0.885. The predicted molar refractivity (Wildman–Crippen MR) is 140 cm³/mol. The van der Waals surface area contributed by atoms with Crippen LogP contribution in [0.3, 0.4) is 0 Å². The summed E-state index contributed by atoms with van der Waals surface area (Å²) >= 11 is 0. The van der Waals surface area contributed by atoms with Crippen molar-refractivity contribution >= 4 is 17.7 Å². The number of likely N-dealkylation sites (tertiary alicyclic amines) is 1. The number of nitrogens with one attached hydrogen (secondary N) is 2. The molecule has 206 valence electrons. The number of ether oxygens (including phenoxy) is 1. The summed E-state index contributed by atoms with van der Waals surface area (Å²) in [5.74, 6) is -0.436. The van der Waals surface area contributed by atoms with Crippen LogP contribution in [-0.2, 0) is 19.1 Å². The molecule has 1 heterocycles. The summed E-state index contributed by atoms with van der Waals surface area (Å²) in [6.45, 7) is 12.4. The Kier molecular flexibility index (Phi) is 13.2. The minimum atomic E-state index is -0.695. The van der Waals surface area contributed by atoms with Crippen molar-refractivity contribution in [3.05, 3.63) is 0 Å². The van der Waals surface area contributed by atoms with Crippen molar-refractivity contribution in [2.24, 2.45) is 17.8 Å². The van der Waals surface area contributed by atoms with Crippen LogP contribution in [0, 0.1) is 17.8 Å². The molecule has 1 aliphatic heterocycles. The van der Waals surface area contributed by atoms with Crippen molar-refractivity contribution in [2.45, 2.75) is 97.5 Å². The summed E-state index contributed by atoms with van der Waals surface area (Å²) < 4.78 is 5.81. The molecule has 0 aliphatic carbocycles. The lowest BCUT2D eigenvalue weighted by molar-refractivity contribution is -0.146. The van der Waals surface area contributed by atoms with Gasteiger partial charge >= 0.3 is 0 Å². The Morgan fingerprint density at radius 3 is 2.20 bits per heavy atom. The maximum Gasteiger partial charge on any atom is 0.245 e. The van der Waals surface area contributed by atoms with Gasteiger partial charge in [0.1, 0.15) is 6.04 Å². The van der Waals surface area contributed by atoms with Gasteiger partial charge in [0, 0.05) is 22.1 Å². The van der Waals surface area contributed by atoms with Crippen LogP contribution >= 0.6 is 0 Å². The number of nitrogens with zero attached hydrogens (tertiary/aromatic N) is 2. The molecule has 9 nitrogen and oxygen atoms in total. The highest BCUT2D eigenvalue weighted by Crippen LogP contribution is 2.25. The minimum Gasteiger partial charge on any atom is -0.394 e. The predicted octanol–water partition coefficient (Wildman–Crippen LogP) is 1.88. The maximum absolute atomic E-state index is 13.7. The molecule has 1 saturated heterocycles. The largest absolute Gasteiger partial charge is 0.394 e. The van der Waals surface area contributed by atoms with E-state index in [0.717, 1.165) is 19.3 Å². The number of hydrogen-bond acceptors (Lipinski definition) is 6. The molecule has 1 fully saturated rings. The van der Waals surface area contributed by atoms with Crippen LogP contribution in [0.25, 0.3) is 0 Å². The molecule has 3 amide bonds. The van der Waals surface area contributed by atoms with Crippen LogP contribution in [0.15, 0.2) is 0 Å². The van der Waals surface area contributed by atoms with Gasteiger partial charge in [0.15, 0.2) is 0 Å². The Balaban J connectivity index is 0.0000122. The molecule has 0 unspecified atom stereocenters. The van der Waals surface area contributed by atoms with Crippen LogP contribution in [0.2, 0.25) is 0 Å². The highest BCUT2D eigenvalue weighted by molar-refractivity contribution is 5.90. The zero-order valence-corrected chi connectivity index (χ0v) is 23.3. The normalized spacial score (nSPS) is 20.5. The van der Waals surface area contributed by atoms with Crippen molar-refractivity contribution < 1.29 is 25.7 Å². The van der Waals surface area contributed by atoms with Gasteiger partial charge in [-0.25, -0.2) is 0 Å².